The average Bonchev–Trinajstić information content (AvgIpc) is 2.48. The first-order chi connectivity index (χ1) is 6.38. The summed E-state index contributed by atoms with van der Waals surface area (Å²) < 4.78 is 26.3. The van der Waals surface area contributed by atoms with Gasteiger partial charge in [0.05, 0.1) is 0 Å². The maximum Gasteiger partial charge on any atom is 0.282 e. The van der Waals surface area contributed by atoms with Gasteiger partial charge in [0.15, 0.2) is 0 Å². The number of halogens is 2. The number of aryl methyl sites for hydroxylation is 1. The van der Waals surface area contributed by atoms with Crippen LogP contribution in [-0.2, 0) is 12.5 Å². The van der Waals surface area contributed by atoms with Gasteiger partial charge in [-0.1, -0.05) is 20.8 Å². The molecule has 0 saturated carbocycles. The topological polar surface area (TPSA) is 17.8 Å². The molecule has 0 saturated heterocycles. The van der Waals surface area contributed by atoms with Crippen molar-refractivity contribution in [1.29, 1.82) is 0 Å². The minimum atomic E-state index is -2.48. The second-order valence-corrected chi connectivity index (χ2v) is 4.12. The van der Waals surface area contributed by atoms with Crippen molar-refractivity contribution in [1.82, 2.24) is 9.78 Å². The molecule has 14 heavy (non-hydrogen) atoms. The van der Waals surface area contributed by atoms with Crippen molar-refractivity contribution in [2.24, 2.45) is 7.05 Å². The molecule has 0 spiro atoms. The van der Waals surface area contributed by atoms with E-state index in [1.165, 1.54) is 6.07 Å². The van der Waals surface area contributed by atoms with Crippen LogP contribution in [0, 0.1) is 0 Å². The summed E-state index contributed by atoms with van der Waals surface area (Å²) in [7, 11) is 1.71. The third kappa shape index (κ3) is 1.94. The van der Waals surface area contributed by atoms with E-state index in [1.54, 1.807) is 11.7 Å². The molecule has 1 heterocycles. The van der Waals surface area contributed by atoms with Crippen LogP contribution in [-0.4, -0.2) is 9.78 Å². The molecule has 2 nitrogen and oxygen atoms in total. The summed E-state index contributed by atoms with van der Waals surface area (Å²) in [5, 5.41) is 3.79. The number of hydrogen-bond acceptors (Lipinski definition) is 1. The van der Waals surface area contributed by atoms with Crippen molar-refractivity contribution in [3.63, 3.8) is 0 Å². The van der Waals surface area contributed by atoms with Gasteiger partial charge in [-0.3, -0.25) is 4.68 Å². The molecule has 80 valence electrons. The van der Waals surface area contributed by atoms with Gasteiger partial charge < -0.3 is 0 Å². The largest absolute Gasteiger partial charge is 0.282 e. The van der Waals surface area contributed by atoms with Gasteiger partial charge >= 0.3 is 0 Å². The Morgan fingerprint density at radius 1 is 1.50 bits per heavy atom. The third-order valence-electron chi connectivity index (χ3n) is 2.70. The molecule has 0 amide bonds. The van der Waals surface area contributed by atoms with E-state index in [1.807, 2.05) is 20.8 Å². The Morgan fingerprint density at radius 3 is 2.43 bits per heavy atom. The van der Waals surface area contributed by atoms with Crippen molar-refractivity contribution in [3.05, 3.63) is 17.5 Å². The minimum absolute atomic E-state index is 0.102. The Kier molecular flexibility index (Phi) is 2.92. The quantitative estimate of drug-likeness (QED) is 0.736. The van der Waals surface area contributed by atoms with Gasteiger partial charge in [-0.2, -0.15) is 5.10 Å². The van der Waals surface area contributed by atoms with Crippen LogP contribution in [0.3, 0.4) is 0 Å². The Hall–Kier alpha value is -0.930. The number of alkyl halides is 2. The molecular weight excluding hydrogens is 186 g/mol. The summed E-state index contributed by atoms with van der Waals surface area (Å²) in [5.74, 6) is 0. The van der Waals surface area contributed by atoms with Crippen LogP contribution in [0.4, 0.5) is 8.78 Å². The maximum atomic E-state index is 12.4. The average molecular weight is 202 g/mol. The van der Waals surface area contributed by atoms with Gasteiger partial charge in [0.2, 0.25) is 0 Å². The van der Waals surface area contributed by atoms with Crippen molar-refractivity contribution in [2.45, 2.75) is 39.0 Å². The summed E-state index contributed by atoms with van der Waals surface area (Å²) in [4.78, 5) is 0. The Labute approximate surface area is 82.9 Å². The number of nitrogens with zero attached hydrogens (tertiary/aromatic N) is 2. The molecular formula is C10H16F2N2. The molecule has 0 unspecified atom stereocenters. The van der Waals surface area contributed by atoms with E-state index in [-0.39, 0.29) is 11.1 Å². The number of hydrogen-bond donors (Lipinski definition) is 0. The van der Waals surface area contributed by atoms with E-state index in [0.29, 0.717) is 0 Å². The van der Waals surface area contributed by atoms with Gasteiger partial charge in [-0.15, -0.1) is 0 Å². The molecule has 1 aromatic rings. The van der Waals surface area contributed by atoms with Crippen LogP contribution < -0.4 is 0 Å². The lowest BCUT2D eigenvalue weighted by atomic mass is 9.86. The van der Waals surface area contributed by atoms with Crippen LogP contribution >= 0.6 is 0 Å². The van der Waals surface area contributed by atoms with Gasteiger partial charge in [-0.05, 0) is 12.5 Å². The zero-order chi connectivity index (χ0) is 10.9. The summed E-state index contributed by atoms with van der Waals surface area (Å²) in [6.45, 7) is 6.09. The Balaban J connectivity index is 3.10. The summed E-state index contributed by atoms with van der Waals surface area (Å²) in [5.41, 5.74) is 0.619. The third-order valence-corrected chi connectivity index (χ3v) is 2.70. The molecule has 0 radical (unpaired) electrons. The fourth-order valence-corrected chi connectivity index (χ4v) is 1.41. The van der Waals surface area contributed by atoms with Crippen LogP contribution in [0.5, 0.6) is 0 Å². The highest BCUT2D eigenvalue weighted by atomic mass is 19.3. The SMILES string of the molecule is CCC(C)(C)c1cc(C(F)F)nn1C. The van der Waals surface area contributed by atoms with E-state index < -0.39 is 6.43 Å². The second-order valence-electron chi connectivity index (χ2n) is 4.12. The van der Waals surface area contributed by atoms with Crippen LogP contribution in [0.2, 0.25) is 0 Å². The summed E-state index contributed by atoms with van der Waals surface area (Å²) in [6.07, 6.45) is -1.59. The van der Waals surface area contributed by atoms with Crippen molar-refractivity contribution in [3.8, 4) is 0 Å². The van der Waals surface area contributed by atoms with E-state index in [2.05, 4.69) is 5.10 Å². The molecule has 1 aromatic heterocycles. The van der Waals surface area contributed by atoms with Crippen molar-refractivity contribution in [2.75, 3.05) is 0 Å². The van der Waals surface area contributed by atoms with Gasteiger partial charge in [-0.25, -0.2) is 8.78 Å². The zero-order valence-corrected chi connectivity index (χ0v) is 9.01. The predicted octanol–water partition coefficient (Wildman–Crippen LogP) is 3.05. The first-order valence-electron chi connectivity index (χ1n) is 4.71. The molecule has 0 aliphatic heterocycles. The van der Waals surface area contributed by atoms with Crippen molar-refractivity contribution >= 4 is 0 Å². The van der Waals surface area contributed by atoms with Gasteiger partial charge in [0, 0.05) is 18.2 Å². The minimum Gasteiger partial charge on any atom is -0.272 e. The molecule has 0 aliphatic rings. The molecule has 0 aromatic carbocycles. The Morgan fingerprint density at radius 2 is 2.07 bits per heavy atom. The van der Waals surface area contributed by atoms with Gasteiger partial charge in [0.25, 0.3) is 6.43 Å². The molecule has 0 aliphatic carbocycles. The van der Waals surface area contributed by atoms with Crippen LogP contribution in [0.15, 0.2) is 6.07 Å². The normalized spacial score (nSPS) is 12.5. The van der Waals surface area contributed by atoms with Gasteiger partial charge in [0.1, 0.15) is 5.69 Å². The molecule has 0 atom stereocenters. The lowest BCUT2D eigenvalue weighted by Crippen LogP contribution is -2.19. The van der Waals surface area contributed by atoms with Crippen LogP contribution in [0.25, 0.3) is 0 Å². The maximum absolute atomic E-state index is 12.4. The second kappa shape index (κ2) is 3.67. The number of aromatic nitrogens is 2. The van der Waals surface area contributed by atoms with E-state index >= 15 is 0 Å². The number of rotatable bonds is 3. The zero-order valence-electron chi connectivity index (χ0n) is 9.01. The van der Waals surface area contributed by atoms with E-state index in [9.17, 15) is 8.78 Å². The lowest BCUT2D eigenvalue weighted by Gasteiger charge is -2.22. The lowest BCUT2D eigenvalue weighted by molar-refractivity contribution is 0.145. The highest BCUT2D eigenvalue weighted by molar-refractivity contribution is 5.19. The molecule has 0 fully saturated rings. The summed E-state index contributed by atoms with van der Waals surface area (Å²) >= 11 is 0. The molecule has 0 bridgehead atoms. The fourth-order valence-electron chi connectivity index (χ4n) is 1.41. The first kappa shape index (κ1) is 11.1. The van der Waals surface area contributed by atoms with E-state index in [0.717, 1.165) is 12.1 Å². The highest BCUT2D eigenvalue weighted by Gasteiger charge is 2.24. The first-order valence-corrected chi connectivity index (χ1v) is 4.71. The Bertz CT molecular complexity index is 316. The smallest absolute Gasteiger partial charge is 0.272 e. The molecule has 0 N–H and O–H groups in total. The fraction of sp³-hybridized carbons (Fsp3) is 0.700. The predicted molar refractivity (Wildman–Crippen MR) is 51.5 cm³/mol. The standard InChI is InChI=1S/C10H16F2N2/c1-5-10(2,3)8-6-7(9(11)12)13-14(8)4/h6,9H,5H2,1-4H3. The molecule has 4 heteroatoms. The van der Waals surface area contributed by atoms with Crippen LogP contribution in [0.1, 0.15) is 45.0 Å². The monoisotopic (exact) mass is 202 g/mol. The molecule has 1 rings (SSSR count). The summed E-state index contributed by atoms with van der Waals surface area (Å²) in [6, 6.07) is 1.49. The van der Waals surface area contributed by atoms with Crippen molar-refractivity contribution < 1.29 is 8.78 Å². The van der Waals surface area contributed by atoms with E-state index in [4.69, 9.17) is 0 Å². The highest BCUT2D eigenvalue weighted by Crippen LogP contribution is 2.29.